The van der Waals surface area contributed by atoms with Crippen LogP contribution in [0.1, 0.15) is 84.3 Å². The molecule has 0 bridgehead atoms. The molecule has 1 rings (SSSR count). The van der Waals surface area contributed by atoms with Crippen molar-refractivity contribution in [2.75, 3.05) is 0 Å². The third-order valence-electron chi connectivity index (χ3n) is 3.79. The molecule has 0 aliphatic rings. The highest BCUT2D eigenvalue weighted by atomic mass is 15.3. The molecule has 0 radical (unpaired) electrons. The third-order valence-corrected chi connectivity index (χ3v) is 3.79. The predicted octanol–water partition coefficient (Wildman–Crippen LogP) is 4.26. The maximum Gasteiger partial charge on any atom is 0.0669 e. The Kier molecular flexibility index (Phi) is 6.25. The van der Waals surface area contributed by atoms with Crippen LogP contribution >= 0.6 is 0 Å². The Hall–Kier alpha value is -0.830. The number of rotatable bonds is 7. The second kappa shape index (κ2) is 7.26. The van der Waals surface area contributed by atoms with Crippen LogP contribution in [0, 0.1) is 0 Å². The molecule has 1 atom stereocenters. The summed E-state index contributed by atoms with van der Waals surface area (Å²) in [7, 11) is 0. The highest BCUT2D eigenvalue weighted by molar-refractivity contribution is 5.27. The minimum atomic E-state index is 0.146. The van der Waals surface area contributed by atoms with Gasteiger partial charge in [0.15, 0.2) is 0 Å². The van der Waals surface area contributed by atoms with Crippen molar-refractivity contribution >= 4 is 0 Å². The van der Waals surface area contributed by atoms with Crippen LogP contribution < -0.4 is 5.32 Å². The van der Waals surface area contributed by atoms with Crippen molar-refractivity contribution in [2.24, 2.45) is 0 Å². The van der Waals surface area contributed by atoms with Crippen molar-refractivity contribution in [1.82, 2.24) is 15.1 Å². The summed E-state index contributed by atoms with van der Waals surface area (Å²) in [6.45, 7) is 16.6. The van der Waals surface area contributed by atoms with Crippen LogP contribution in [-0.4, -0.2) is 15.3 Å². The van der Waals surface area contributed by atoms with Gasteiger partial charge in [-0.25, -0.2) is 0 Å². The minimum Gasteiger partial charge on any atom is -0.308 e. The molecule has 0 saturated heterocycles. The fourth-order valence-electron chi connectivity index (χ4n) is 2.68. The number of aryl methyl sites for hydroxylation is 1. The van der Waals surface area contributed by atoms with Gasteiger partial charge in [0.25, 0.3) is 0 Å². The van der Waals surface area contributed by atoms with E-state index in [9.17, 15) is 0 Å². The normalized spacial score (nSPS) is 13.8. The Balaban J connectivity index is 3.07. The molecule has 1 aromatic rings. The molecule has 0 aliphatic heterocycles. The minimum absolute atomic E-state index is 0.146. The molecule has 1 aromatic heterocycles. The summed E-state index contributed by atoms with van der Waals surface area (Å²) in [5, 5.41) is 8.51. The van der Waals surface area contributed by atoms with Crippen LogP contribution in [-0.2, 0) is 19.4 Å². The van der Waals surface area contributed by atoms with Crippen LogP contribution in [0.5, 0.6) is 0 Å². The monoisotopic (exact) mass is 279 g/mol. The van der Waals surface area contributed by atoms with E-state index in [1.165, 1.54) is 29.8 Å². The first kappa shape index (κ1) is 17.2. The smallest absolute Gasteiger partial charge is 0.0669 e. The Bertz CT molecular complexity index is 413. The van der Waals surface area contributed by atoms with Gasteiger partial charge in [-0.3, -0.25) is 4.68 Å². The first-order valence-electron chi connectivity index (χ1n) is 8.18. The van der Waals surface area contributed by atoms with Crippen molar-refractivity contribution in [3.63, 3.8) is 0 Å². The summed E-state index contributed by atoms with van der Waals surface area (Å²) in [6, 6.07) is 0.503. The standard InChI is InChI=1S/C17H33N3/c1-8-11-13(4)20-16(10-3)14(15(9-2)19-20)12-18-17(5,6)7/h13,18H,8-12H2,1-7H3. The maximum atomic E-state index is 4.90. The molecule has 116 valence electrons. The van der Waals surface area contributed by atoms with Crippen molar-refractivity contribution in [3.05, 3.63) is 17.0 Å². The first-order valence-corrected chi connectivity index (χ1v) is 8.18. The molecular formula is C17H33N3. The van der Waals surface area contributed by atoms with Crippen molar-refractivity contribution in [1.29, 1.82) is 0 Å². The summed E-state index contributed by atoms with van der Waals surface area (Å²) in [5.41, 5.74) is 4.25. The Labute approximate surface area is 125 Å². The number of hydrogen-bond donors (Lipinski definition) is 1. The summed E-state index contributed by atoms with van der Waals surface area (Å²) in [6.07, 6.45) is 4.48. The van der Waals surface area contributed by atoms with E-state index >= 15 is 0 Å². The fourth-order valence-corrected chi connectivity index (χ4v) is 2.68. The molecule has 0 aromatic carbocycles. The zero-order valence-corrected chi connectivity index (χ0v) is 14.5. The summed E-state index contributed by atoms with van der Waals surface area (Å²) in [5.74, 6) is 0. The lowest BCUT2D eigenvalue weighted by atomic mass is 10.1. The van der Waals surface area contributed by atoms with E-state index in [0.717, 1.165) is 19.4 Å². The number of aromatic nitrogens is 2. The van der Waals surface area contributed by atoms with Gasteiger partial charge in [0.05, 0.1) is 5.69 Å². The average molecular weight is 279 g/mol. The van der Waals surface area contributed by atoms with Crippen LogP contribution in [0.4, 0.5) is 0 Å². The molecule has 3 nitrogen and oxygen atoms in total. The topological polar surface area (TPSA) is 29.9 Å². The van der Waals surface area contributed by atoms with Crippen molar-refractivity contribution in [3.8, 4) is 0 Å². The highest BCUT2D eigenvalue weighted by Crippen LogP contribution is 2.23. The quantitative estimate of drug-likeness (QED) is 0.808. The lowest BCUT2D eigenvalue weighted by Gasteiger charge is -2.21. The molecule has 3 heteroatoms. The Morgan fingerprint density at radius 3 is 2.25 bits per heavy atom. The van der Waals surface area contributed by atoms with Gasteiger partial charge in [-0.15, -0.1) is 0 Å². The average Bonchev–Trinajstić information content (AvgIpc) is 2.73. The second-order valence-electron chi connectivity index (χ2n) is 6.76. The number of nitrogens with one attached hydrogen (secondary N) is 1. The van der Waals surface area contributed by atoms with Gasteiger partial charge in [-0.05, 0) is 47.0 Å². The fraction of sp³-hybridized carbons (Fsp3) is 0.824. The van der Waals surface area contributed by atoms with Gasteiger partial charge >= 0.3 is 0 Å². The summed E-state index contributed by atoms with van der Waals surface area (Å²) in [4.78, 5) is 0. The number of nitrogens with zero attached hydrogens (tertiary/aromatic N) is 2. The Morgan fingerprint density at radius 1 is 1.15 bits per heavy atom. The van der Waals surface area contributed by atoms with Crippen LogP contribution in [0.15, 0.2) is 0 Å². The molecular weight excluding hydrogens is 246 g/mol. The van der Waals surface area contributed by atoms with Crippen LogP contribution in [0.2, 0.25) is 0 Å². The molecule has 20 heavy (non-hydrogen) atoms. The van der Waals surface area contributed by atoms with Gasteiger partial charge < -0.3 is 5.32 Å². The van der Waals surface area contributed by atoms with Gasteiger partial charge in [-0.2, -0.15) is 5.10 Å². The highest BCUT2D eigenvalue weighted by Gasteiger charge is 2.20. The van der Waals surface area contributed by atoms with Crippen LogP contribution in [0.25, 0.3) is 0 Å². The third kappa shape index (κ3) is 4.34. The second-order valence-corrected chi connectivity index (χ2v) is 6.76. The molecule has 1 N–H and O–H groups in total. The zero-order chi connectivity index (χ0) is 15.3. The molecule has 0 spiro atoms. The predicted molar refractivity (Wildman–Crippen MR) is 87.2 cm³/mol. The SMILES string of the molecule is CCCC(C)n1nc(CC)c(CNC(C)(C)C)c1CC. The van der Waals surface area contributed by atoms with Gasteiger partial charge in [-0.1, -0.05) is 27.2 Å². The van der Waals surface area contributed by atoms with Crippen molar-refractivity contribution in [2.45, 2.75) is 92.3 Å². The molecule has 0 fully saturated rings. The van der Waals surface area contributed by atoms with E-state index in [0.29, 0.717) is 6.04 Å². The zero-order valence-electron chi connectivity index (χ0n) is 14.5. The largest absolute Gasteiger partial charge is 0.308 e. The van der Waals surface area contributed by atoms with Crippen molar-refractivity contribution < 1.29 is 0 Å². The van der Waals surface area contributed by atoms with E-state index in [1.807, 2.05) is 0 Å². The van der Waals surface area contributed by atoms with E-state index < -0.39 is 0 Å². The van der Waals surface area contributed by atoms with E-state index in [-0.39, 0.29) is 5.54 Å². The Morgan fingerprint density at radius 2 is 1.80 bits per heavy atom. The van der Waals surface area contributed by atoms with E-state index in [2.05, 4.69) is 58.5 Å². The first-order chi connectivity index (χ1) is 9.34. The summed E-state index contributed by atoms with van der Waals surface area (Å²) < 4.78 is 2.28. The molecule has 0 amide bonds. The van der Waals surface area contributed by atoms with E-state index in [1.54, 1.807) is 0 Å². The van der Waals surface area contributed by atoms with Gasteiger partial charge in [0.1, 0.15) is 0 Å². The molecule has 1 unspecified atom stereocenters. The number of hydrogen-bond acceptors (Lipinski definition) is 2. The lowest BCUT2D eigenvalue weighted by Crippen LogP contribution is -2.35. The van der Waals surface area contributed by atoms with Gasteiger partial charge in [0, 0.05) is 29.4 Å². The molecule has 0 saturated carbocycles. The van der Waals surface area contributed by atoms with Gasteiger partial charge in [0.2, 0.25) is 0 Å². The van der Waals surface area contributed by atoms with E-state index in [4.69, 9.17) is 5.10 Å². The maximum absolute atomic E-state index is 4.90. The molecule has 0 aliphatic carbocycles. The lowest BCUT2D eigenvalue weighted by molar-refractivity contribution is 0.419. The summed E-state index contributed by atoms with van der Waals surface area (Å²) >= 11 is 0. The van der Waals surface area contributed by atoms with Crippen LogP contribution in [0.3, 0.4) is 0 Å². The molecule has 1 heterocycles.